The predicted molar refractivity (Wildman–Crippen MR) is 75.5 cm³/mol. The lowest BCUT2D eigenvalue weighted by Crippen LogP contribution is -2.21. The number of thioether (sulfide) groups is 1. The normalized spacial score (nSPS) is 14.1. The second-order valence-corrected chi connectivity index (χ2v) is 4.45. The number of aliphatic imine (C=N–C) groups is 1. The highest BCUT2D eigenvalue weighted by Crippen LogP contribution is 2.33. The summed E-state index contributed by atoms with van der Waals surface area (Å²) in [6, 6.07) is 7.20. The Hall–Kier alpha value is -1.95. The number of ether oxygens (including phenoxy) is 2. The molecule has 0 saturated heterocycles. The number of esters is 1. The van der Waals surface area contributed by atoms with Crippen LogP contribution in [0.5, 0.6) is 5.75 Å². The first kappa shape index (κ1) is 13.5. The summed E-state index contributed by atoms with van der Waals surface area (Å²) in [6.07, 6.45) is 1.82. The molecule has 0 amide bonds. The van der Waals surface area contributed by atoms with Crippen molar-refractivity contribution in [1.82, 2.24) is 0 Å². The van der Waals surface area contributed by atoms with E-state index in [0.717, 1.165) is 0 Å². The van der Waals surface area contributed by atoms with Crippen molar-refractivity contribution in [2.45, 2.75) is 6.92 Å². The van der Waals surface area contributed by atoms with E-state index in [0.29, 0.717) is 16.5 Å². The monoisotopic (exact) mass is 278 g/mol. The van der Waals surface area contributed by atoms with E-state index in [9.17, 15) is 4.79 Å². The Morgan fingerprint density at radius 1 is 1.47 bits per heavy atom. The molecule has 0 radical (unpaired) electrons. The van der Waals surface area contributed by atoms with Gasteiger partial charge in [0.2, 0.25) is 5.88 Å². The molecular weight excluding hydrogens is 264 g/mol. The summed E-state index contributed by atoms with van der Waals surface area (Å²) in [5, 5.41) is 0.487. The van der Waals surface area contributed by atoms with Crippen LogP contribution in [0, 0.1) is 0 Å². The average Bonchev–Trinajstić information content (AvgIpc) is 2.54. The van der Waals surface area contributed by atoms with Gasteiger partial charge in [0.25, 0.3) is 0 Å². The van der Waals surface area contributed by atoms with E-state index in [2.05, 4.69) is 4.99 Å². The zero-order valence-corrected chi connectivity index (χ0v) is 11.5. The Morgan fingerprint density at radius 3 is 2.89 bits per heavy atom. The molecule has 0 unspecified atom stereocenters. The highest BCUT2D eigenvalue weighted by Gasteiger charge is 2.26. The van der Waals surface area contributed by atoms with Crippen LogP contribution in [0.2, 0.25) is 0 Å². The maximum atomic E-state index is 11.9. The van der Waals surface area contributed by atoms with E-state index in [1.54, 1.807) is 19.1 Å². The molecular formula is C13H14N2O3S. The minimum absolute atomic E-state index is 0.0106. The largest absolute Gasteiger partial charge is 0.462 e. The maximum Gasteiger partial charge on any atom is 0.346 e. The van der Waals surface area contributed by atoms with Gasteiger partial charge in [0.15, 0.2) is 11.3 Å². The summed E-state index contributed by atoms with van der Waals surface area (Å²) in [4.78, 5) is 16.4. The number of carbonyl (C=O) groups excluding carboxylic acids is 1. The van der Waals surface area contributed by atoms with Crippen molar-refractivity contribution in [3.05, 3.63) is 35.7 Å². The van der Waals surface area contributed by atoms with Gasteiger partial charge >= 0.3 is 5.97 Å². The molecule has 5 nitrogen and oxygen atoms in total. The molecule has 1 aliphatic heterocycles. The summed E-state index contributed by atoms with van der Waals surface area (Å²) in [5.74, 6) is 0.00301. The SMILES string of the molecule is CCOC(=O)C1=C(N)Oc2ccccc2N=C1SC. The fourth-order valence-electron chi connectivity index (χ4n) is 1.61. The van der Waals surface area contributed by atoms with Crippen molar-refractivity contribution >= 4 is 28.5 Å². The smallest absolute Gasteiger partial charge is 0.346 e. The lowest BCUT2D eigenvalue weighted by molar-refractivity contribution is -0.138. The molecule has 0 aliphatic carbocycles. The second-order valence-electron chi connectivity index (χ2n) is 3.65. The standard InChI is InChI=1S/C13H14N2O3S/c1-3-17-13(16)10-11(14)18-9-7-5-4-6-8(9)15-12(10)19-2/h4-7H,3,14H2,1-2H3. The van der Waals surface area contributed by atoms with E-state index >= 15 is 0 Å². The number of nitrogens with two attached hydrogens (primary N) is 1. The second kappa shape index (κ2) is 5.79. The number of benzene rings is 1. The van der Waals surface area contributed by atoms with E-state index in [4.69, 9.17) is 15.2 Å². The maximum absolute atomic E-state index is 11.9. The van der Waals surface area contributed by atoms with Crippen molar-refractivity contribution < 1.29 is 14.3 Å². The lowest BCUT2D eigenvalue weighted by Gasteiger charge is -2.09. The van der Waals surface area contributed by atoms with Crippen molar-refractivity contribution in [3.63, 3.8) is 0 Å². The molecule has 0 bridgehead atoms. The van der Waals surface area contributed by atoms with Gasteiger partial charge in [-0.2, -0.15) is 0 Å². The molecule has 1 aromatic rings. The van der Waals surface area contributed by atoms with Crippen molar-refractivity contribution in [1.29, 1.82) is 0 Å². The fourth-order valence-corrected chi connectivity index (χ4v) is 2.19. The summed E-state index contributed by atoms with van der Waals surface area (Å²) in [7, 11) is 0. The Morgan fingerprint density at radius 2 is 2.21 bits per heavy atom. The molecule has 1 heterocycles. The molecule has 0 aromatic heterocycles. The van der Waals surface area contributed by atoms with Crippen molar-refractivity contribution in [2.75, 3.05) is 12.9 Å². The number of rotatable bonds is 2. The minimum Gasteiger partial charge on any atom is -0.462 e. The molecule has 100 valence electrons. The Kier molecular flexibility index (Phi) is 4.11. The third-order valence-electron chi connectivity index (χ3n) is 2.44. The third kappa shape index (κ3) is 2.73. The zero-order chi connectivity index (χ0) is 13.8. The number of hydrogen-bond donors (Lipinski definition) is 1. The fraction of sp³-hybridized carbons (Fsp3) is 0.231. The molecule has 19 heavy (non-hydrogen) atoms. The summed E-state index contributed by atoms with van der Waals surface area (Å²) < 4.78 is 10.5. The van der Waals surface area contributed by atoms with E-state index in [1.165, 1.54) is 11.8 Å². The quantitative estimate of drug-likeness (QED) is 0.839. The van der Waals surface area contributed by atoms with Gasteiger partial charge in [0.05, 0.1) is 6.61 Å². The Labute approximate surface area is 115 Å². The first-order valence-electron chi connectivity index (χ1n) is 5.74. The molecule has 1 aromatic carbocycles. The van der Waals surface area contributed by atoms with Crippen LogP contribution in [-0.4, -0.2) is 23.9 Å². The summed E-state index contributed by atoms with van der Waals surface area (Å²) >= 11 is 1.32. The number of nitrogens with zero attached hydrogens (tertiary/aromatic N) is 1. The minimum atomic E-state index is -0.527. The summed E-state index contributed by atoms with van der Waals surface area (Å²) in [5.41, 5.74) is 6.66. The molecule has 0 fully saturated rings. The van der Waals surface area contributed by atoms with Crippen LogP contribution in [0.1, 0.15) is 6.92 Å². The van der Waals surface area contributed by atoms with Crippen molar-refractivity contribution in [2.24, 2.45) is 10.7 Å². The van der Waals surface area contributed by atoms with Gasteiger partial charge in [-0.3, -0.25) is 0 Å². The number of carbonyl (C=O) groups is 1. The van der Waals surface area contributed by atoms with Crippen LogP contribution in [0.15, 0.2) is 40.7 Å². The van der Waals surface area contributed by atoms with Crippen LogP contribution < -0.4 is 10.5 Å². The number of fused-ring (bicyclic) bond motifs is 1. The van der Waals surface area contributed by atoms with Crippen LogP contribution >= 0.6 is 11.8 Å². The van der Waals surface area contributed by atoms with E-state index in [1.807, 2.05) is 18.4 Å². The number of hydrogen-bond acceptors (Lipinski definition) is 6. The van der Waals surface area contributed by atoms with Gasteiger partial charge < -0.3 is 15.2 Å². The third-order valence-corrected chi connectivity index (χ3v) is 3.12. The van der Waals surface area contributed by atoms with Gasteiger partial charge in [0.1, 0.15) is 10.7 Å². The molecule has 0 spiro atoms. The Bertz CT molecular complexity index is 567. The van der Waals surface area contributed by atoms with Crippen LogP contribution in [0.25, 0.3) is 0 Å². The Balaban J connectivity index is 2.51. The first-order valence-corrected chi connectivity index (χ1v) is 6.96. The van der Waals surface area contributed by atoms with Gasteiger partial charge in [-0.05, 0) is 25.3 Å². The van der Waals surface area contributed by atoms with Gasteiger partial charge in [-0.25, -0.2) is 9.79 Å². The predicted octanol–water partition coefficient (Wildman–Crippen LogP) is 2.21. The molecule has 6 heteroatoms. The molecule has 0 atom stereocenters. The van der Waals surface area contributed by atoms with Crippen LogP contribution in [0.3, 0.4) is 0 Å². The van der Waals surface area contributed by atoms with E-state index < -0.39 is 5.97 Å². The van der Waals surface area contributed by atoms with Crippen LogP contribution in [-0.2, 0) is 9.53 Å². The van der Waals surface area contributed by atoms with Gasteiger partial charge in [-0.1, -0.05) is 12.1 Å². The van der Waals surface area contributed by atoms with E-state index in [-0.39, 0.29) is 18.1 Å². The number of para-hydroxylation sites is 2. The van der Waals surface area contributed by atoms with Gasteiger partial charge in [0, 0.05) is 0 Å². The topological polar surface area (TPSA) is 73.9 Å². The molecule has 1 aliphatic rings. The van der Waals surface area contributed by atoms with Crippen molar-refractivity contribution in [3.8, 4) is 5.75 Å². The molecule has 0 saturated carbocycles. The highest BCUT2D eigenvalue weighted by atomic mass is 32.2. The molecule has 2 N–H and O–H groups in total. The zero-order valence-electron chi connectivity index (χ0n) is 10.7. The lowest BCUT2D eigenvalue weighted by atomic mass is 10.3. The van der Waals surface area contributed by atoms with Gasteiger partial charge in [-0.15, -0.1) is 11.8 Å². The summed E-state index contributed by atoms with van der Waals surface area (Å²) in [6.45, 7) is 2.00. The molecule has 2 rings (SSSR count). The first-order chi connectivity index (χ1) is 9.17. The highest BCUT2D eigenvalue weighted by molar-refractivity contribution is 8.14. The average molecular weight is 278 g/mol. The van der Waals surface area contributed by atoms with Crippen LogP contribution in [0.4, 0.5) is 5.69 Å².